The van der Waals surface area contributed by atoms with Crippen LogP contribution in [0.1, 0.15) is 29.8 Å². The van der Waals surface area contributed by atoms with Crippen molar-refractivity contribution in [3.63, 3.8) is 0 Å². The van der Waals surface area contributed by atoms with Gasteiger partial charge in [0, 0.05) is 28.4 Å². The number of aromatic amines is 1. The third kappa shape index (κ3) is 5.47. The van der Waals surface area contributed by atoms with Crippen LogP contribution in [0.5, 0.6) is 11.5 Å². The van der Waals surface area contributed by atoms with Crippen molar-refractivity contribution < 1.29 is 19.0 Å². The molecule has 3 aromatic carbocycles. The second kappa shape index (κ2) is 10.9. The van der Waals surface area contributed by atoms with Crippen molar-refractivity contribution in [3.05, 3.63) is 70.7 Å². The van der Waals surface area contributed by atoms with Gasteiger partial charge >= 0.3 is 0 Å². The van der Waals surface area contributed by atoms with E-state index >= 15 is 0 Å². The molecule has 0 atom stereocenters. The van der Waals surface area contributed by atoms with Crippen LogP contribution in [0.25, 0.3) is 22.4 Å². The van der Waals surface area contributed by atoms with Crippen LogP contribution in [0, 0.1) is 10.8 Å². The van der Waals surface area contributed by atoms with Gasteiger partial charge in [-0.15, -0.1) is 0 Å². The van der Waals surface area contributed by atoms with Gasteiger partial charge in [0.05, 0.1) is 29.3 Å². The summed E-state index contributed by atoms with van der Waals surface area (Å²) in [7, 11) is 0. The average molecular weight is 506 g/mol. The first-order chi connectivity index (χ1) is 17.4. The number of imidazole rings is 1. The van der Waals surface area contributed by atoms with Crippen molar-refractivity contribution >= 4 is 46.5 Å². The summed E-state index contributed by atoms with van der Waals surface area (Å²) in [6.45, 7) is 4.67. The lowest BCUT2D eigenvalue weighted by atomic mass is 10.1. The predicted octanol–water partition coefficient (Wildman–Crippen LogP) is 5.88. The zero-order valence-corrected chi connectivity index (χ0v) is 20.4. The van der Waals surface area contributed by atoms with E-state index in [0.29, 0.717) is 75.4 Å². The Morgan fingerprint density at radius 1 is 1.03 bits per heavy atom. The zero-order chi connectivity index (χ0) is 25.7. The summed E-state index contributed by atoms with van der Waals surface area (Å²) in [5.74, 6) is 1.12. The molecule has 0 saturated heterocycles. The minimum absolute atomic E-state index is 0.147. The van der Waals surface area contributed by atoms with Gasteiger partial charge in [0.25, 0.3) is 5.91 Å². The van der Waals surface area contributed by atoms with Crippen molar-refractivity contribution in [1.29, 1.82) is 10.8 Å². The highest BCUT2D eigenvalue weighted by molar-refractivity contribution is 6.33. The van der Waals surface area contributed by atoms with E-state index in [0.717, 1.165) is 0 Å². The van der Waals surface area contributed by atoms with Crippen LogP contribution in [0.3, 0.4) is 0 Å². The molecule has 1 heterocycles. The molecule has 0 saturated carbocycles. The molecule has 184 valence electrons. The highest BCUT2D eigenvalue weighted by Gasteiger charge is 2.15. The molecule has 1 aromatic heterocycles. The summed E-state index contributed by atoms with van der Waals surface area (Å²) in [5.41, 5.74) is 3.35. The van der Waals surface area contributed by atoms with Crippen molar-refractivity contribution in [2.75, 3.05) is 18.5 Å². The lowest BCUT2D eigenvalue weighted by Crippen LogP contribution is -2.12. The van der Waals surface area contributed by atoms with Gasteiger partial charge in [0.15, 0.2) is 6.40 Å². The second-order valence-corrected chi connectivity index (χ2v) is 8.00. The monoisotopic (exact) mass is 505 g/mol. The number of anilines is 1. The summed E-state index contributed by atoms with van der Waals surface area (Å²) in [6.07, 6.45) is 0.704. The van der Waals surface area contributed by atoms with Gasteiger partial charge in [-0.3, -0.25) is 15.6 Å². The molecule has 0 spiro atoms. The van der Waals surface area contributed by atoms with Crippen LogP contribution in [-0.4, -0.2) is 41.4 Å². The van der Waals surface area contributed by atoms with E-state index in [1.807, 2.05) is 13.8 Å². The van der Waals surface area contributed by atoms with Crippen LogP contribution in [0.4, 0.5) is 5.69 Å². The van der Waals surface area contributed by atoms with Gasteiger partial charge in [0.1, 0.15) is 17.3 Å². The standard InChI is InChI=1S/C26H24ClN5O4/c1-3-34-18-9-16(10-19(13-18)35-4-2)26(33)30-17-6-7-21(27)20(12-17)25-31-22-8-5-15(11-23(22)32-25)24(29)36-14-28/h5-14,28-29H,3-4H2,1-2H3,(H,30,33)(H,31,32). The molecule has 9 nitrogen and oxygen atoms in total. The van der Waals surface area contributed by atoms with Crippen LogP contribution in [-0.2, 0) is 4.74 Å². The molecule has 0 aliphatic carbocycles. The molecule has 0 aliphatic heterocycles. The number of hydrogen-bond donors (Lipinski definition) is 4. The summed E-state index contributed by atoms with van der Waals surface area (Å²) in [4.78, 5) is 20.8. The number of aromatic nitrogens is 2. The van der Waals surface area contributed by atoms with E-state index in [4.69, 9.17) is 36.6 Å². The molecule has 0 radical (unpaired) electrons. The molecule has 1 amide bonds. The number of nitrogens with zero attached hydrogens (tertiary/aromatic N) is 1. The smallest absolute Gasteiger partial charge is 0.255 e. The molecule has 4 N–H and O–H groups in total. The molecule has 4 rings (SSSR count). The number of carbonyl (C=O) groups is 1. The minimum Gasteiger partial charge on any atom is -0.494 e. The molecular formula is C26H24ClN5O4. The number of benzene rings is 3. The molecule has 0 bridgehead atoms. The van der Waals surface area contributed by atoms with Gasteiger partial charge in [-0.1, -0.05) is 11.6 Å². The van der Waals surface area contributed by atoms with Crippen LogP contribution in [0.2, 0.25) is 5.02 Å². The highest BCUT2D eigenvalue weighted by Crippen LogP contribution is 2.31. The Kier molecular flexibility index (Phi) is 7.50. The lowest BCUT2D eigenvalue weighted by molar-refractivity contribution is 0.102. The van der Waals surface area contributed by atoms with Gasteiger partial charge in [0.2, 0.25) is 5.90 Å². The number of fused-ring (bicyclic) bond motifs is 1. The van der Waals surface area contributed by atoms with Crippen LogP contribution in [0.15, 0.2) is 54.6 Å². The molecule has 0 fully saturated rings. The van der Waals surface area contributed by atoms with Crippen molar-refractivity contribution in [1.82, 2.24) is 9.97 Å². The predicted molar refractivity (Wildman–Crippen MR) is 140 cm³/mol. The third-order valence-electron chi connectivity index (χ3n) is 5.16. The molecule has 4 aromatic rings. The number of H-pyrrole nitrogens is 1. The number of ether oxygens (including phenoxy) is 3. The Bertz CT molecular complexity index is 1430. The Morgan fingerprint density at radius 2 is 1.75 bits per heavy atom. The van der Waals surface area contributed by atoms with E-state index in [-0.39, 0.29) is 11.8 Å². The largest absolute Gasteiger partial charge is 0.494 e. The number of rotatable bonds is 9. The fourth-order valence-electron chi connectivity index (χ4n) is 3.60. The van der Waals surface area contributed by atoms with Crippen LogP contribution >= 0.6 is 11.6 Å². The second-order valence-electron chi connectivity index (χ2n) is 7.59. The fourth-order valence-corrected chi connectivity index (χ4v) is 3.80. The van der Waals surface area contributed by atoms with Crippen molar-refractivity contribution in [2.45, 2.75) is 13.8 Å². The summed E-state index contributed by atoms with van der Waals surface area (Å²) < 4.78 is 16.0. The lowest BCUT2D eigenvalue weighted by Gasteiger charge is -2.12. The Morgan fingerprint density at radius 3 is 2.42 bits per heavy atom. The Balaban J connectivity index is 1.62. The van der Waals surface area contributed by atoms with Gasteiger partial charge < -0.3 is 24.5 Å². The highest BCUT2D eigenvalue weighted by atomic mass is 35.5. The van der Waals surface area contributed by atoms with E-state index < -0.39 is 0 Å². The maximum atomic E-state index is 13.0. The number of hydrogen-bond acceptors (Lipinski definition) is 7. The van der Waals surface area contributed by atoms with E-state index in [1.54, 1.807) is 54.6 Å². The minimum atomic E-state index is -0.329. The van der Waals surface area contributed by atoms with Crippen molar-refractivity contribution in [2.24, 2.45) is 0 Å². The molecule has 0 aliphatic rings. The van der Waals surface area contributed by atoms with E-state index in [9.17, 15) is 4.79 Å². The summed E-state index contributed by atoms with van der Waals surface area (Å²) in [6, 6.07) is 15.3. The third-order valence-corrected chi connectivity index (χ3v) is 5.49. The first-order valence-electron chi connectivity index (χ1n) is 11.2. The fraction of sp³-hybridized carbons (Fsp3) is 0.154. The quantitative estimate of drug-likeness (QED) is 0.166. The van der Waals surface area contributed by atoms with Gasteiger partial charge in [-0.25, -0.2) is 4.98 Å². The van der Waals surface area contributed by atoms with E-state index in [1.165, 1.54) is 0 Å². The number of nitrogens with one attached hydrogen (secondary N) is 4. The Hall–Kier alpha value is -4.37. The first kappa shape index (κ1) is 24.7. The maximum absolute atomic E-state index is 13.0. The van der Waals surface area contributed by atoms with Gasteiger partial charge in [-0.2, -0.15) is 0 Å². The zero-order valence-electron chi connectivity index (χ0n) is 19.6. The van der Waals surface area contributed by atoms with Crippen molar-refractivity contribution in [3.8, 4) is 22.9 Å². The molecule has 10 heteroatoms. The normalized spacial score (nSPS) is 10.6. The number of carbonyl (C=O) groups excluding carboxylic acids is 1. The topological polar surface area (TPSA) is 133 Å². The molecule has 0 unspecified atom stereocenters. The maximum Gasteiger partial charge on any atom is 0.255 e. The average Bonchev–Trinajstić information content (AvgIpc) is 3.29. The summed E-state index contributed by atoms with van der Waals surface area (Å²) in [5, 5.41) is 18.2. The van der Waals surface area contributed by atoms with E-state index in [2.05, 4.69) is 15.3 Å². The number of halogens is 1. The first-order valence-corrected chi connectivity index (χ1v) is 11.6. The number of amides is 1. The molecule has 36 heavy (non-hydrogen) atoms. The summed E-state index contributed by atoms with van der Waals surface area (Å²) >= 11 is 6.46. The SMILES string of the molecule is CCOc1cc(OCC)cc(C(=O)Nc2ccc(Cl)c(-c3nc4ccc(C(=N)OC=N)cc4[nH]3)c2)c1. The van der Waals surface area contributed by atoms with Crippen LogP contribution < -0.4 is 14.8 Å². The Labute approximate surface area is 212 Å². The molecular weight excluding hydrogens is 482 g/mol. The van der Waals surface area contributed by atoms with Gasteiger partial charge in [-0.05, 0) is 62.4 Å².